The van der Waals surface area contributed by atoms with Gasteiger partial charge in [0.1, 0.15) is 5.75 Å². The van der Waals surface area contributed by atoms with Crippen LogP contribution in [0.15, 0.2) is 24.4 Å². The third-order valence-electron chi connectivity index (χ3n) is 1.76. The molecule has 80 valence electrons. The summed E-state index contributed by atoms with van der Waals surface area (Å²) in [5, 5.41) is 1.18. The Morgan fingerprint density at radius 2 is 2.00 bits per heavy atom. The smallest absolute Gasteiger partial charge is 0.222 e. The normalized spacial score (nSPS) is 9.33. The summed E-state index contributed by atoms with van der Waals surface area (Å²) in [6.07, 6.45) is 1.67. The Balaban J connectivity index is 0.000000531. The number of methoxy groups -OCH3 is 1. The zero-order valence-electron chi connectivity index (χ0n) is 8.99. The van der Waals surface area contributed by atoms with Crippen LogP contribution in [-0.2, 0) is 0 Å². The maximum absolute atomic E-state index is 5.64. The van der Waals surface area contributed by atoms with E-state index >= 15 is 0 Å². The summed E-state index contributed by atoms with van der Waals surface area (Å²) in [5.74, 6) is 0.790. The number of halogens is 1. The zero-order valence-corrected chi connectivity index (χ0v) is 9.75. The van der Waals surface area contributed by atoms with Crippen LogP contribution >= 0.6 is 11.6 Å². The molecule has 4 heteroatoms. The minimum Gasteiger partial charge on any atom is -0.497 e. The molecule has 0 aliphatic heterocycles. The van der Waals surface area contributed by atoms with E-state index < -0.39 is 0 Å². The minimum absolute atomic E-state index is 0.262. The van der Waals surface area contributed by atoms with Crippen LogP contribution < -0.4 is 4.74 Å². The number of rotatable bonds is 1. The van der Waals surface area contributed by atoms with Gasteiger partial charge in [-0.3, -0.25) is 0 Å². The predicted molar refractivity (Wildman–Crippen MR) is 62.4 cm³/mol. The fourth-order valence-electron chi connectivity index (χ4n) is 1.12. The average Bonchev–Trinajstić information content (AvgIpc) is 2.31. The molecule has 0 unspecified atom stereocenters. The molecule has 15 heavy (non-hydrogen) atoms. The fraction of sp³-hybridized carbons (Fsp3) is 0.273. The van der Waals surface area contributed by atoms with Gasteiger partial charge in [0.2, 0.25) is 5.28 Å². The lowest BCUT2D eigenvalue weighted by atomic mass is 10.2. The maximum Gasteiger partial charge on any atom is 0.222 e. The Labute approximate surface area is 94.1 Å². The number of benzene rings is 1. The van der Waals surface area contributed by atoms with E-state index in [1.165, 1.54) is 0 Å². The van der Waals surface area contributed by atoms with Crippen LogP contribution in [0.25, 0.3) is 10.9 Å². The number of hydrogen-bond donors (Lipinski definition) is 0. The van der Waals surface area contributed by atoms with Crippen molar-refractivity contribution in [3.8, 4) is 5.75 Å². The highest BCUT2D eigenvalue weighted by molar-refractivity contribution is 6.28. The highest BCUT2D eigenvalue weighted by Crippen LogP contribution is 2.19. The molecule has 0 saturated carbocycles. The second-order valence-electron chi connectivity index (χ2n) is 2.56. The van der Waals surface area contributed by atoms with E-state index in [-0.39, 0.29) is 5.28 Å². The summed E-state index contributed by atoms with van der Waals surface area (Å²) < 4.78 is 5.06. The van der Waals surface area contributed by atoms with Crippen LogP contribution in [0.5, 0.6) is 5.75 Å². The molecule has 0 saturated heterocycles. The summed E-state index contributed by atoms with van der Waals surface area (Å²) >= 11 is 5.64. The van der Waals surface area contributed by atoms with Crippen LogP contribution in [0.4, 0.5) is 0 Å². The summed E-state index contributed by atoms with van der Waals surface area (Å²) in [7, 11) is 1.62. The average molecular weight is 225 g/mol. The maximum atomic E-state index is 5.64. The zero-order chi connectivity index (χ0) is 11.3. The number of fused-ring (bicyclic) bond motifs is 1. The standard InChI is InChI=1S/C9H7ClN2O.C2H6/c1-13-7-2-3-8-6(4-7)5-11-9(10)12-8;1-2/h2-5H,1H3;1-2H3. The Morgan fingerprint density at radius 1 is 1.27 bits per heavy atom. The van der Waals surface area contributed by atoms with Crippen molar-refractivity contribution in [2.75, 3.05) is 7.11 Å². The monoisotopic (exact) mass is 224 g/mol. The summed E-state index contributed by atoms with van der Waals surface area (Å²) in [6, 6.07) is 5.55. The van der Waals surface area contributed by atoms with Crippen molar-refractivity contribution in [3.63, 3.8) is 0 Å². The molecule has 2 aromatic rings. The Hall–Kier alpha value is -1.35. The predicted octanol–water partition coefficient (Wildman–Crippen LogP) is 3.32. The van der Waals surface area contributed by atoms with E-state index in [1.807, 2.05) is 32.0 Å². The van der Waals surface area contributed by atoms with Gasteiger partial charge < -0.3 is 4.74 Å². The number of ether oxygens (including phenoxy) is 1. The molecule has 0 amide bonds. The molecular weight excluding hydrogens is 212 g/mol. The number of nitrogens with zero attached hydrogens (tertiary/aromatic N) is 2. The van der Waals surface area contributed by atoms with Crippen molar-refractivity contribution < 1.29 is 4.74 Å². The third kappa shape index (κ3) is 2.80. The highest BCUT2D eigenvalue weighted by Gasteiger charge is 1.98. The second-order valence-corrected chi connectivity index (χ2v) is 2.90. The highest BCUT2D eigenvalue weighted by atomic mass is 35.5. The molecule has 3 nitrogen and oxygen atoms in total. The van der Waals surface area contributed by atoms with Gasteiger partial charge in [-0.15, -0.1) is 0 Å². The van der Waals surface area contributed by atoms with Gasteiger partial charge in [0.05, 0.1) is 12.6 Å². The van der Waals surface area contributed by atoms with Crippen LogP contribution in [0, 0.1) is 0 Å². The van der Waals surface area contributed by atoms with Crippen molar-refractivity contribution in [3.05, 3.63) is 29.7 Å². The van der Waals surface area contributed by atoms with Crippen molar-refractivity contribution in [2.45, 2.75) is 13.8 Å². The van der Waals surface area contributed by atoms with Crippen LogP contribution in [0.2, 0.25) is 5.28 Å². The van der Waals surface area contributed by atoms with Gasteiger partial charge in [0.15, 0.2) is 0 Å². The van der Waals surface area contributed by atoms with E-state index in [0.29, 0.717) is 0 Å². The third-order valence-corrected chi connectivity index (χ3v) is 1.94. The van der Waals surface area contributed by atoms with Gasteiger partial charge in [0.25, 0.3) is 0 Å². The van der Waals surface area contributed by atoms with Crippen LogP contribution in [0.1, 0.15) is 13.8 Å². The summed E-state index contributed by atoms with van der Waals surface area (Å²) in [5.41, 5.74) is 0.820. The molecule has 1 aromatic heterocycles. The van der Waals surface area contributed by atoms with Crippen LogP contribution in [-0.4, -0.2) is 17.1 Å². The lowest BCUT2D eigenvalue weighted by Gasteiger charge is -2.00. The molecule has 1 heterocycles. The first-order valence-corrected chi connectivity index (χ1v) is 5.14. The molecule has 0 atom stereocenters. The molecule has 1 aromatic carbocycles. The molecule has 0 fully saturated rings. The first kappa shape index (κ1) is 11.7. The van der Waals surface area contributed by atoms with E-state index in [2.05, 4.69) is 9.97 Å². The lowest BCUT2D eigenvalue weighted by molar-refractivity contribution is 0.415. The van der Waals surface area contributed by atoms with Crippen molar-refractivity contribution in [1.82, 2.24) is 9.97 Å². The Morgan fingerprint density at radius 3 is 2.67 bits per heavy atom. The topological polar surface area (TPSA) is 35.0 Å². The van der Waals surface area contributed by atoms with Crippen molar-refractivity contribution in [2.24, 2.45) is 0 Å². The fourth-order valence-corrected chi connectivity index (χ4v) is 1.26. The SMILES string of the molecule is CC.COc1ccc2nc(Cl)ncc2c1. The second kappa shape index (κ2) is 5.51. The number of hydrogen-bond acceptors (Lipinski definition) is 3. The van der Waals surface area contributed by atoms with Gasteiger partial charge in [0, 0.05) is 11.6 Å². The molecular formula is C11H13ClN2O. The van der Waals surface area contributed by atoms with Crippen molar-refractivity contribution in [1.29, 1.82) is 0 Å². The molecule has 0 aliphatic carbocycles. The van der Waals surface area contributed by atoms with E-state index in [0.717, 1.165) is 16.7 Å². The first-order valence-electron chi connectivity index (χ1n) is 4.76. The minimum atomic E-state index is 0.262. The molecule has 0 aliphatic rings. The van der Waals surface area contributed by atoms with Gasteiger partial charge in [-0.25, -0.2) is 9.97 Å². The molecule has 0 bridgehead atoms. The van der Waals surface area contributed by atoms with Gasteiger partial charge in [-0.05, 0) is 29.8 Å². The van der Waals surface area contributed by atoms with E-state index in [1.54, 1.807) is 13.3 Å². The molecule has 2 rings (SSSR count). The van der Waals surface area contributed by atoms with Gasteiger partial charge in [-0.1, -0.05) is 13.8 Å². The summed E-state index contributed by atoms with van der Waals surface area (Å²) in [6.45, 7) is 4.00. The molecule has 0 N–H and O–H groups in total. The molecule has 0 radical (unpaired) electrons. The largest absolute Gasteiger partial charge is 0.497 e. The van der Waals surface area contributed by atoms with E-state index in [9.17, 15) is 0 Å². The quantitative estimate of drug-likeness (QED) is 0.697. The number of aromatic nitrogens is 2. The van der Waals surface area contributed by atoms with E-state index in [4.69, 9.17) is 16.3 Å². The van der Waals surface area contributed by atoms with Gasteiger partial charge in [-0.2, -0.15) is 0 Å². The summed E-state index contributed by atoms with van der Waals surface area (Å²) in [4.78, 5) is 7.93. The Bertz CT molecular complexity index is 446. The molecule has 0 spiro atoms. The lowest BCUT2D eigenvalue weighted by Crippen LogP contribution is -1.86. The van der Waals surface area contributed by atoms with Crippen LogP contribution in [0.3, 0.4) is 0 Å². The van der Waals surface area contributed by atoms with Gasteiger partial charge >= 0.3 is 0 Å². The van der Waals surface area contributed by atoms with Crippen molar-refractivity contribution >= 4 is 22.5 Å². The Kier molecular flexibility index (Phi) is 4.31. The first-order chi connectivity index (χ1) is 7.29.